The van der Waals surface area contributed by atoms with Gasteiger partial charge in [0.1, 0.15) is 0 Å². The van der Waals surface area contributed by atoms with Crippen LogP contribution in [-0.4, -0.2) is 26.8 Å². The molecule has 0 saturated carbocycles. The van der Waals surface area contributed by atoms with Gasteiger partial charge in [-0.05, 0) is 30.9 Å². The summed E-state index contributed by atoms with van der Waals surface area (Å²) in [5, 5.41) is 17.8. The minimum Gasteiger partial charge on any atom is -0.358 e. The largest absolute Gasteiger partial charge is 0.390 e. The molecule has 2 aromatic rings. The first kappa shape index (κ1) is 15.8. The van der Waals surface area contributed by atoms with Crippen LogP contribution in [0.25, 0.3) is 0 Å². The number of amides is 1. The molecule has 1 unspecified atom stereocenters. The fraction of sp³-hybridized carbons (Fsp3) is 0.250. The number of hydrogen-bond donors (Lipinski definition) is 1. The van der Waals surface area contributed by atoms with Crippen molar-refractivity contribution in [3.63, 3.8) is 0 Å². The second-order valence-electron chi connectivity index (χ2n) is 4.40. The van der Waals surface area contributed by atoms with Gasteiger partial charge in [0.05, 0.1) is 28.0 Å². The van der Waals surface area contributed by atoms with Gasteiger partial charge in [-0.1, -0.05) is 0 Å². The summed E-state index contributed by atoms with van der Waals surface area (Å²) in [6, 6.07) is 3.33. The maximum Gasteiger partial charge on any atom is 0.390 e. The van der Waals surface area contributed by atoms with E-state index in [4.69, 9.17) is 0 Å². The molecule has 116 valence electrons. The highest BCUT2D eigenvalue weighted by Gasteiger charge is 2.24. The van der Waals surface area contributed by atoms with Crippen molar-refractivity contribution in [2.45, 2.75) is 19.9 Å². The smallest absolute Gasteiger partial charge is 0.358 e. The molecule has 1 amide bonds. The monoisotopic (exact) mass is 325 g/mol. The molecule has 2 aromatic heterocycles. The van der Waals surface area contributed by atoms with Gasteiger partial charge in [0.2, 0.25) is 0 Å². The Morgan fingerprint density at radius 3 is 2.91 bits per heavy atom. The summed E-state index contributed by atoms with van der Waals surface area (Å²) in [4.78, 5) is 22.5. The summed E-state index contributed by atoms with van der Waals surface area (Å²) in [5.74, 6) is -0.816. The van der Waals surface area contributed by atoms with Crippen LogP contribution in [-0.2, 0) is 4.79 Å². The van der Waals surface area contributed by atoms with Crippen LogP contribution in [0.15, 0.2) is 23.3 Å². The zero-order valence-electron chi connectivity index (χ0n) is 11.7. The third-order valence-corrected chi connectivity index (χ3v) is 3.61. The van der Waals surface area contributed by atoms with E-state index in [0.717, 1.165) is 11.3 Å². The summed E-state index contributed by atoms with van der Waals surface area (Å²) in [6.45, 7) is 3.15. The minimum absolute atomic E-state index is 0.324. The van der Waals surface area contributed by atoms with Crippen molar-refractivity contribution in [1.82, 2.24) is 15.2 Å². The molecular formula is C12H12FN5O3S. The van der Waals surface area contributed by atoms with Gasteiger partial charge in [-0.25, -0.2) is 5.43 Å². The van der Waals surface area contributed by atoms with E-state index in [-0.39, 0.29) is 10.9 Å². The first-order chi connectivity index (χ1) is 10.4. The third-order valence-electron chi connectivity index (χ3n) is 2.80. The predicted molar refractivity (Wildman–Crippen MR) is 78.3 cm³/mol. The molecule has 0 bridgehead atoms. The number of halogens is 1. The SMILES string of the molecule is Cc1cc([N+](=O)[O-])nn1C(C)C(=O)NN=Cc1ccc(F)s1. The van der Waals surface area contributed by atoms with Gasteiger partial charge >= 0.3 is 5.82 Å². The lowest BCUT2D eigenvalue weighted by Gasteiger charge is -2.08. The zero-order chi connectivity index (χ0) is 16.3. The molecule has 0 aliphatic rings. The van der Waals surface area contributed by atoms with Crippen LogP contribution < -0.4 is 5.43 Å². The molecular weight excluding hydrogens is 313 g/mol. The van der Waals surface area contributed by atoms with E-state index in [0.29, 0.717) is 10.6 Å². The summed E-state index contributed by atoms with van der Waals surface area (Å²) >= 11 is 0.893. The number of carbonyl (C=O) groups is 1. The number of carbonyl (C=O) groups excluding carboxylic acids is 1. The highest BCUT2D eigenvalue weighted by atomic mass is 32.1. The summed E-state index contributed by atoms with van der Waals surface area (Å²) < 4.78 is 14.0. The Bertz CT molecular complexity index is 739. The standard InChI is InChI=1S/C12H12FN5O3S/c1-7-5-11(18(20)21)16-17(7)8(2)12(19)15-14-6-9-3-4-10(13)22-9/h3-6,8H,1-2H3,(H,15,19). The van der Waals surface area contributed by atoms with Crippen molar-refractivity contribution in [3.05, 3.63) is 44.0 Å². The zero-order valence-corrected chi connectivity index (χ0v) is 12.5. The summed E-state index contributed by atoms with van der Waals surface area (Å²) in [5.41, 5.74) is 2.77. The third kappa shape index (κ3) is 3.52. The number of nitrogens with one attached hydrogen (secondary N) is 1. The van der Waals surface area contributed by atoms with Crippen molar-refractivity contribution >= 4 is 29.3 Å². The minimum atomic E-state index is -0.772. The van der Waals surface area contributed by atoms with Gasteiger partial charge in [0.15, 0.2) is 11.2 Å². The lowest BCUT2D eigenvalue weighted by atomic mass is 10.3. The second kappa shape index (κ2) is 6.43. The first-order valence-electron chi connectivity index (χ1n) is 6.17. The molecule has 1 atom stereocenters. The predicted octanol–water partition coefficient (Wildman–Crippen LogP) is 2.01. The molecule has 0 saturated heterocycles. The van der Waals surface area contributed by atoms with Gasteiger partial charge in [-0.2, -0.15) is 14.2 Å². The number of aromatic nitrogens is 2. The molecule has 0 aliphatic heterocycles. The average molecular weight is 325 g/mol. The summed E-state index contributed by atoms with van der Waals surface area (Å²) in [7, 11) is 0. The molecule has 0 radical (unpaired) electrons. The van der Waals surface area contributed by atoms with Crippen molar-refractivity contribution < 1.29 is 14.1 Å². The Labute approximate surface area is 128 Å². The number of rotatable bonds is 5. The summed E-state index contributed by atoms with van der Waals surface area (Å²) in [6.07, 6.45) is 1.32. The topological polar surface area (TPSA) is 102 Å². The highest BCUT2D eigenvalue weighted by Crippen LogP contribution is 2.16. The maximum absolute atomic E-state index is 12.8. The van der Waals surface area contributed by atoms with E-state index >= 15 is 0 Å². The normalized spacial score (nSPS) is 12.5. The van der Waals surface area contributed by atoms with Crippen LogP contribution in [0, 0.1) is 22.2 Å². The van der Waals surface area contributed by atoms with E-state index < -0.39 is 16.9 Å². The Balaban J connectivity index is 2.03. The molecule has 0 spiro atoms. The second-order valence-corrected chi connectivity index (χ2v) is 5.46. The molecule has 0 fully saturated rings. The van der Waals surface area contributed by atoms with Gasteiger partial charge in [-0.3, -0.25) is 4.79 Å². The van der Waals surface area contributed by atoms with E-state index in [9.17, 15) is 19.3 Å². The van der Waals surface area contributed by atoms with E-state index in [1.165, 1.54) is 29.1 Å². The highest BCUT2D eigenvalue weighted by molar-refractivity contribution is 7.12. The van der Waals surface area contributed by atoms with Crippen molar-refractivity contribution in [3.8, 4) is 0 Å². The number of nitro groups is 1. The fourth-order valence-electron chi connectivity index (χ4n) is 1.71. The maximum atomic E-state index is 12.8. The molecule has 1 N–H and O–H groups in total. The Morgan fingerprint density at radius 1 is 1.64 bits per heavy atom. The molecule has 0 aliphatic carbocycles. The molecule has 8 nitrogen and oxygen atoms in total. The van der Waals surface area contributed by atoms with Crippen LogP contribution in [0.2, 0.25) is 0 Å². The van der Waals surface area contributed by atoms with Gasteiger partial charge in [-0.15, -0.1) is 11.3 Å². The lowest BCUT2D eigenvalue weighted by Crippen LogP contribution is -2.28. The number of nitrogens with zero attached hydrogens (tertiary/aromatic N) is 4. The van der Waals surface area contributed by atoms with E-state index in [1.54, 1.807) is 13.8 Å². The van der Waals surface area contributed by atoms with Crippen LogP contribution >= 0.6 is 11.3 Å². The molecule has 10 heteroatoms. The molecule has 0 aromatic carbocycles. The number of hydrogen-bond acceptors (Lipinski definition) is 6. The van der Waals surface area contributed by atoms with Gasteiger partial charge < -0.3 is 10.1 Å². The van der Waals surface area contributed by atoms with Crippen LogP contribution in [0.5, 0.6) is 0 Å². The van der Waals surface area contributed by atoms with Crippen LogP contribution in [0.4, 0.5) is 10.2 Å². The van der Waals surface area contributed by atoms with Crippen molar-refractivity contribution in [1.29, 1.82) is 0 Å². The van der Waals surface area contributed by atoms with Crippen LogP contribution in [0.3, 0.4) is 0 Å². The first-order valence-corrected chi connectivity index (χ1v) is 6.99. The van der Waals surface area contributed by atoms with Gasteiger partial charge in [0, 0.05) is 0 Å². The van der Waals surface area contributed by atoms with Crippen LogP contribution in [0.1, 0.15) is 23.5 Å². The average Bonchev–Trinajstić information content (AvgIpc) is 3.04. The molecule has 22 heavy (non-hydrogen) atoms. The van der Waals surface area contributed by atoms with Crippen molar-refractivity contribution in [2.24, 2.45) is 5.10 Å². The van der Waals surface area contributed by atoms with Crippen molar-refractivity contribution in [2.75, 3.05) is 0 Å². The Morgan fingerprint density at radius 2 is 2.36 bits per heavy atom. The number of aryl methyl sites for hydroxylation is 1. The molecule has 2 rings (SSSR count). The quantitative estimate of drug-likeness (QED) is 0.516. The number of hydrazone groups is 1. The van der Waals surface area contributed by atoms with Gasteiger partial charge in [0.25, 0.3) is 5.91 Å². The Kier molecular flexibility index (Phi) is 4.61. The van der Waals surface area contributed by atoms with E-state index in [2.05, 4.69) is 15.6 Å². The fourth-order valence-corrected chi connectivity index (χ4v) is 2.32. The number of thiophene rings is 1. The molecule has 2 heterocycles. The lowest BCUT2D eigenvalue weighted by molar-refractivity contribution is -0.389. The van der Waals surface area contributed by atoms with E-state index in [1.807, 2.05) is 0 Å². The Hall–Kier alpha value is -2.62.